The summed E-state index contributed by atoms with van der Waals surface area (Å²) < 4.78 is 0.765. The van der Waals surface area contributed by atoms with Crippen LogP contribution in [-0.4, -0.2) is 6.29 Å². The van der Waals surface area contributed by atoms with E-state index in [-0.39, 0.29) is 0 Å². The van der Waals surface area contributed by atoms with Crippen LogP contribution in [0.15, 0.2) is 28.6 Å². The zero-order chi connectivity index (χ0) is 11.3. The van der Waals surface area contributed by atoms with Gasteiger partial charge in [-0.15, -0.1) is 11.3 Å². The van der Waals surface area contributed by atoms with Crippen LogP contribution in [-0.2, 0) is 10.2 Å². The quantitative estimate of drug-likeness (QED) is 0.714. The molecule has 3 heteroatoms. The van der Waals surface area contributed by atoms with Gasteiger partial charge in [-0.25, -0.2) is 0 Å². The Hall–Kier alpha value is -0.410. The first kappa shape index (κ1) is 12.7. The largest absolute Gasteiger partial charge is 0.302 e. The molecular weight excluding hydrogens is 272 g/mol. The van der Waals surface area contributed by atoms with Gasteiger partial charge in [0.05, 0.1) is 5.41 Å². The molecule has 0 aliphatic rings. The lowest BCUT2D eigenvalue weighted by Gasteiger charge is -2.26. The highest BCUT2D eigenvalue weighted by molar-refractivity contribution is 9.11. The SMILES string of the molecule is C=C(Br)[C@@](C=O)(CCCC)c1cccs1. The Balaban J connectivity index is 3.04. The van der Waals surface area contributed by atoms with Crippen LogP contribution in [0.5, 0.6) is 0 Å². The van der Waals surface area contributed by atoms with Gasteiger partial charge in [-0.05, 0) is 17.9 Å². The van der Waals surface area contributed by atoms with Crippen LogP contribution in [0.25, 0.3) is 0 Å². The van der Waals surface area contributed by atoms with Gasteiger partial charge in [0.1, 0.15) is 6.29 Å². The van der Waals surface area contributed by atoms with E-state index in [0.717, 1.165) is 34.9 Å². The normalized spacial score (nSPS) is 14.5. The number of carbonyl (C=O) groups is 1. The van der Waals surface area contributed by atoms with E-state index in [9.17, 15) is 4.79 Å². The molecule has 0 spiro atoms. The maximum Gasteiger partial charge on any atom is 0.136 e. The molecule has 82 valence electrons. The Kier molecular flexibility index (Phi) is 4.74. The molecular formula is C12H15BrOS. The van der Waals surface area contributed by atoms with Gasteiger partial charge in [-0.2, -0.15) is 0 Å². The second kappa shape index (κ2) is 5.61. The van der Waals surface area contributed by atoms with Crippen molar-refractivity contribution in [3.63, 3.8) is 0 Å². The first-order chi connectivity index (χ1) is 7.17. The number of hydrogen-bond donors (Lipinski definition) is 0. The molecule has 0 saturated carbocycles. The van der Waals surface area contributed by atoms with Crippen LogP contribution in [0.2, 0.25) is 0 Å². The Morgan fingerprint density at radius 2 is 2.47 bits per heavy atom. The van der Waals surface area contributed by atoms with E-state index in [0.29, 0.717) is 0 Å². The Labute approximate surface area is 103 Å². The third kappa shape index (κ3) is 2.58. The fraction of sp³-hybridized carbons (Fsp3) is 0.417. The molecule has 1 heterocycles. The van der Waals surface area contributed by atoms with Crippen LogP contribution >= 0.6 is 27.3 Å². The number of halogens is 1. The van der Waals surface area contributed by atoms with Crippen LogP contribution in [0, 0.1) is 0 Å². The number of aldehydes is 1. The molecule has 0 unspecified atom stereocenters. The minimum absolute atomic E-state index is 0.524. The minimum Gasteiger partial charge on any atom is -0.302 e. The fourth-order valence-electron chi connectivity index (χ4n) is 1.56. The molecule has 0 radical (unpaired) electrons. The van der Waals surface area contributed by atoms with E-state index in [2.05, 4.69) is 29.4 Å². The van der Waals surface area contributed by atoms with Gasteiger partial charge in [0, 0.05) is 9.36 Å². The number of thiophene rings is 1. The second-order valence-electron chi connectivity index (χ2n) is 3.57. The van der Waals surface area contributed by atoms with Crippen molar-refractivity contribution >= 4 is 33.6 Å². The minimum atomic E-state index is -0.524. The molecule has 0 aromatic carbocycles. The summed E-state index contributed by atoms with van der Waals surface area (Å²) in [6, 6.07) is 3.97. The van der Waals surface area contributed by atoms with Gasteiger partial charge < -0.3 is 4.79 Å². The lowest BCUT2D eigenvalue weighted by Crippen LogP contribution is -2.26. The summed E-state index contributed by atoms with van der Waals surface area (Å²) in [5.74, 6) is 0. The van der Waals surface area contributed by atoms with E-state index in [4.69, 9.17) is 0 Å². The molecule has 0 bridgehead atoms. The molecule has 1 aromatic heterocycles. The number of allylic oxidation sites excluding steroid dienone is 1. The Morgan fingerprint density at radius 3 is 2.87 bits per heavy atom. The van der Waals surface area contributed by atoms with Crippen molar-refractivity contribution in [2.24, 2.45) is 0 Å². The number of rotatable bonds is 6. The summed E-state index contributed by atoms with van der Waals surface area (Å²) >= 11 is 5.00. The van der Waals surface area contributed by atoms with Crippen LogP contribution in [0.4, 0.5) is 0 Å². The Bertz CT molecular complexity index is 331. The highest BCUT2D eigenvalue weighted by Crippen LogP contribution is 2.39. The highest BCUT2D eigenvalue weighted by Gasteiger charge is 2.34. The lowest BCUT2D eigenvalue weighted by molar-refractivity contribution is -0.111. The maximum atomic E-state index is 11.4. The van der Waals surface area contributed by atoms with Crippen molar-refractivity contribution in [3.8, 4) is 0 Å². The summed E-state index contributed by atoms with van der Waals surface area (Å²) in [6.45, 7) is 6.03. The molecule has 1 atom stereocenters. The third-order valence-electron chi connectivity index (χ3n) is 2.57. The molecule has 1 aromatic rings. The van der Waals surface area contributed by atoms with Crippen molar-refractivity contribution < 1.29 is 4.79 Å². The number of hydrogen-bond acceptors (Lipinski definition) is 2. The van der Waals surface area contributed by atoms with Gasteiger partial charge in [-0.1, -0.05) is 48.3 Å². The molecule has 1 rings (SSSR count). The van der Waals surface area contributed by atoms with Gasteiger partial charge in [0.2, 0.25) is 0 Å². The van der Waals surface area contributed by atoms with Gasteiger partial charge in [0.15, 0.2) is 0 Å². The average molecular weight is 287 g/mol. The number of carbonyl (C=O) groups excluding carboxylic acids is 1. The monoisotopic (exact) mass is 286 g/mol. The summed E-state index contributed by atoms with van der Waals surface area (Å²) in [5, 5.41) is 2.00. The third-order valence-corrected chi connectivity index (χ3v) is 4.33. The van der Waals surface area contributed by atoms with Crippen molar-refractivity contribution in [1.29, 1.82) is 0 Å². The van der Waals surface area contributed by atoms with Gasteiger partial charge >= 0.3 is 0 Å². The Morgan fingerprint density at radius 1 is 1.73 bits per heavy atom. The lowest BCUT2D eigenvalue weighted by atomic mass is 9.83. The standard InChI is InChI=1S/C12H15BrOS/c1-3-4-7-12(9-14,10(2)13)11-6-5-8-15-11/h5-6,8-9H,2-4,7H2,1H3/t12-/m0/s1. The zero-order valence-corrected chi connectivity index (χ0v) is 11.2. The van der Waals surface area contributed by atoms with Crippen molar-refractivity contribution in [2.45, 2.75) is 31.6 Å². The predicted octanol–water partition coefficient (Wildman–Crippen LogP) is 4.28. The molecule has 0 N–H and O–H groups in total. The average Bonchev–Trinajstić information content (AvgIpc) is 2.73. The maximum absolute atomic E-state index is 11.4. The van der Waals surface area contributed by atoms with E-state index >= 15 is 0 Å². The molecule has 15 heavy (non-hydrogen) atoms. The molecule has 1 nitrogen and oxygen atoms in total. The zero-order valence-electron chi connectivity index (χ0n) is 8.83. The number of unbranched alkanes of at least 4 members (excludes halogenated alkanes) is 1. The van der Waals surface area contributed by atoms with E-state index < -0.39 is 5.41 Å². The molecule has 0 aliphatic carbocycles. The molecule has 0 amide bonds. The van der Waals surface area contributed by atoms with Crippen molar-refractivity contribution in [2.75, 3.05) is 0 Å². The second-order valence-corrected chi connectivity index (χ2v) is 5.48. The van der Waals surface area contributed by atoms with Crippen molar-refractivity contribution in [3.05, 3.63) is 33.5 Å². The van der Waals surface area contributed by atoms with Crippen LogP contribution < -0.4 is 0 Å². The highest BCUT2D eigenvalue weighted by atomic mass is 79.9. The smallest absolute Gasteiger partial charge is 0.136 e. The summed E-state index contributed by atoms with van der Waals surface area (Å²) in [5.41, 5.74) is -0.524. The first-order valence-corrected chi connectivity index (χ1v) is 6.70. The van der Waals surface area contributed by atoms with Gasteiger partial charge in [-0.3, -0.25) is 0 Å². The summed E-state index contributed by atoms with van der Waals surface area (Å²) in [7, 11) is 0. The fourth-order valence-corrected chi connectivity index (χ4v) is 3.14. The topological polar surface area (TPSA) is 17.1 Å². The molecule has 0 aliphatic heterocycles. The van der Waals surface area contributed by atoms with Gasteiger partial charge in [0.25, 0.3) is 0 Å². The molecule has 0 saturated heterocycles. The van der Waals surface area contributed by atoms with E-state index in [1.807, 2.05) is 17.5 Å². The van der Waals surface area contributed by atoms with E-state index in [1.54, 1.807) is 11.3 Å². The first-order valence-electron chi connectivity index (χ1n) is 5.02. The predicted molar refractivity (Wildman–Crippen MR) is 69.7 cm³/mol. The van der Waals surface area contributed by atoms with Crippen LogP contribution in [0.1, 0.15) is 31.1 Å². The molecule has 0 fully saturated rings. The van der Waals surface area contributed by atoms with Crippen molar-refractivity contribution in [1.82, 2.24) is 0 Å². The van der Waals surface area contributed by atoms with Crippen LogP contribution in [0.3, 0.4) is 0 Å². The summed E-state index contributed by atoms with van der Waals surface area (Å²) in [4.78, 5) is 12.5. The summed E-state index contributed by atoms with van der Waals surface area (Å²) in [6.07, 6.45) is 3.96. The van der Waals surface area contributed by atoms with E-state index in [1.165, 1.54) is 0 Å².